The average molecular weight is 255 g/mol. The third-order valence-electron chi connectivity index (χ3n) is 1.91. The van der Waals surface area contributed by atoms with Gasteiger partial charge in [-0.2, -0.15) is 0 Å². The maximum Gasteiger partial charge on any atom is 0.340 e. The molecule has 0 bridgehead atoms. The van der Waals surface area contributed by atoms with Crippen LogP contribution in [0.5, 0.6) is 0 Å². The van der Waals surface area contributed by atoms with E-state index in [0.29, 0.717) is 5.56 Å². The lowest BCUT2D eigenvalue weighted by molar-refractivity contribution is 0.00724. The average Bonchev–Trinajstić information content (AvgIpc) is 2.58. The van der Waals surface area contributed by atoms with E-state index in [1.54, 1.807) is 0 Å². The number of carbonyl (C=O) groups excluding carboxylic acids is 1. The second kappa shape index (κ2) is 3.75. The van der Waals surface area contributed by atoms with E-state index < -0.39 is 5.60 Å². The number of nitrogen functional groups attached to an aromatic ring is 1. The summed E-state index contributed by atoms with van der Waals surface area (Å²) in [5, 5.41) is 3.46. The van der Waals surface area contributed by atoms with E-state index in [1.165, 1.54) is 22.7 Å². The zero-order chi connectivity index (χ0) is 11.9. The predicted octanol–water partition coefficient (Wildman–Crippen LogP) is 3.50. The van der Waals surface area contributed by atoms with Crippen molar-refractivity contribution in [3.63, 3.8) is 0 Å². The van der Waals surface area contributed by atoms with Crippen LogP contribution in [0, 0.1) is 0 Å². The van der Waals surface area contributed by atoms with Crippen LogP contribution in [0.4, 0.5) is 5.00 Å². The molecule has 0 aromatic carbocycles. The molecule has 0 spiro atoms. The molecule has 5 heteroatoms. The van der Waals surface area contributed by atoms with Gasteiger partial charge >= 0.3 is 5.97 Å². The van der Waals surface area contributed by atoms with Crippen LogP contribution in [-0.4, -0.2) is 11.6 Å². The largest absolute Gasteiger partial charge is 0.456 e. The van der Waals surface area contributed by atoms with Gasteiger partial charge in [0, 0.05) is 10.8 Å². The highest BCUT2D eigenvalue weighted by Crippen LogP contribution is 2.35. The Hall–Kier alpha value is -1.07. The van der Waals surface area contributed by atoms with Crippen molar-refractivity contribution >= 4 is 43.0 Å². The number of fused-ring (bicyclic) bond motifs is 1. The summed E-state index contributed by atoms with van der Waals surface area (Å²) in [4.78, 5) is 11.9. The molecule has 0 saturated heterocycles. The van der Waals surface area contributed by atoms with Crippen LogP contribution < -0.4 is 5.73 Å². The molecule has 0 radical (unpaired) electrons. The van der Waals surface area contributed by atoms with Gasteiger partial charge in [-0.3, -0.25) is 0 Å². The molecule has 0 saturated carbocycles. The van der Waals surface area contributed by atoms with Crippen molar-refractivity contribution in [1.82, 2.24) is 0 Å². The summed E-state index contributed by atoms with van der Waals surface area (Å²) < 4.78 is 6.40. The van der Waals surface area contributed by atoms with Crippen LogP contribution in [0.2, 0.25) is 0 Å². The van der Waals surface area contributed by atoms with E-state index in [-0.39, 0.29) is 5.97 Å². The van der Waals surface area contributed by atoms with E-state index in [4.69, 9.17) is 10.5 Å². The number of esters is 1. The molecule has 2 aromatic heterocycles. The first kappa shape index (κ1) is 11.4. The van der Waals surface area contributed by atoms with Crippen molar-refractivity contribution in [3.05, 3.63) is 17.0 Å². The molecule has 0 atom stereocenters. The van der Waals surface area contributed by atoms with Crippen molar-refractivity contribution in [2.24, 2.45) is 0 Å². The highest BCUT2D eigenvalue weighted by Gasteiger charge is 2.21. The molecule has 0 aliphatic rings. The van der Waals surface area contributed by atoms with Gasteiger partial charge < -0.3 is 10.5 Å². The van der Waals surface area contributed by atoms with Crippen LogP contribution in [-0.2, 0) is 4.74 Å². The monoisotopic (exact) mass is 255 g/mol. The first-order chi connectivity index (χ1) is 7.37. The third-order valence-corrected chi connectivity index (χ3v) is 3.99. The maximum atomic E-state index is 11.9. The third kappa shape index (κ3) is 2.20. The highest BCUT2D eigenvalue weighted by molar-refractivity contribution is 7.39. The second-order valence-corrected chi connectivity index (χ2v) is 6.72. The molecule has 0 aliphatic carbocycles. The number of hydrogen-bond donors (Lipinski definition) is 1. The second-order valence-electron chi connectivity index (χ2n) is 4.50. The fourth-order valence-corrected chi connectivity index (χ4v) is 3.37. The minimum Gasteiger partial charge on any atom is -0.456 e. The molecule has 0 unspecified atom stereocenters. The Labute approximate surface area is 102 Å². The van der Waals surface area contributed by atoms with Crippen molar-refractivity contribution in [2.45, 2.75) is 26.4 Å². The molecule has 86 valence electrons. The number of carbonyl (C=O) groups is 1. The Balaban J connectivity index is 2.36. The van der Waals surface area contributed by atoms with Gasteiger partial charge in [-0.15, -0.1) is 22.7 Å². The molecule has 2 heterocycles. The van der Waals surface area contributed by atoms with Gasteiger partial charge in [0.05, 0.1) is 14.6 Å². The number of thiophene rings is 2. The summed E-state index contributed by atoms with van der Waals surface area (Å²) in [6.45, 7) is 5.57. The first-order valence-corrected chi connectivity index (χ1v) is 6.56. The van der Waals surface area contributed by atoms with E-state index in [1.807, 2.05) is 32.2 Å². The SMILES string of the molecule is CC(C)(C)OC(=O)c1csc2sc(N)cc12. The predicted molar refractivity (Wildman–Crippen MR) is 69.3 cm³/mol. The Morgan fingerprint density at radius 1 is 1.44 bits per heavy atom. The van der Waals surface area contributed by atoms with Crippen LogP contribution >= 0.6 is 22.7 Å². The van der Waals surface area contributed by atoms with Gasteiger partial charge in [0.2, 0.25) is 0 Å². The number of hydrogen-bond acceptors (Lipinski definition) is 5. The Kier molecular flexibility index (Phi) is 2.67. The zero-order valence-corrected chi connectivity index (χ0v) is 11.0. The standard InChI is InChI=1S/C11H13NO2S2/c1-11(2,3)14-9(13)7-5-15-10-6(7)4-8(12)16-10/h4-5H,12H2,1-3H3. The van der Waals surface area contributed by atoms with Crippen molar-refractivity contribution in [1.29, 1.82) is 0 Å². The summed E-state index contributed by atoms with van der Waals surface area (Å²) in [5.41, 5.74) is 5.85. The van der Waals surface area contributed by atoms with Gasteiger partial charge in [-0.05, 0) is 26.8 Å². The smallest absolute Gasteiger partial charge is 0.340 e. The minimum atomic E-state index is -0.465. The van der Waals surface area contributed by atoms with Crippen molar-refractivity contribution in [3.8, 4) is 0 Å². The molecule has 0 aliphatic heterocycles. The fourth-order valence-electron chi connectivity index (χ4n) is 1.33. The lowest BCUT2D eigenvalue weighted by atomic mass is 10.2. The summed E-state index contributed by atoms with van der Waals surface area (Å²) in [6.07, 6.45) is 0. The zero-order valence-electron chi connectivity index (χ0n) is 9.37. The number of rotatable bonds is 1. The van der Waals surface area contributed by atoms with Crippen molar-refractivity contribution in [2.75, 3.05) is 5.73 Å². The van der Waals surface area contributed by atoms with Crippen LogP contribution in [0.3, 0.4) is 0 Å². The van der Waals surface area contributed by atoms with E-state index in [0.717, 1.165) is 14.4 Å². The van der Waals surface area contributed by atoms with E-state index >= 15 is 0 Å². The highest BCUT2D eigenvalue weighted by atomic mass is 32.2. The van der Waals surface area contributed by atoms with Gasteiger partial charge in [0.25, 0.3) is 0 Å². The molecule has 16 heavy (non-hydrogen) atoms. The molecule has 2 aromatic rings. The molecular formula is C11H13NO2S2. The number of nitrogens with two attached hydrogens (primary N) is 1. The quantitative estimate of drug-likeness (QED) is 0.793. The Morgan fingerprint density at radius 2 is 2.12 bits per heavy atom. The normalized spacial score (nSPS) is 11.9. The van der Waals surface area contributed by atoms with Gasteiger partial charge in [-0.25, -0.2) is 4.79 Å². The minimum absolute atomic E-state index is 0.281. The van der Waals surface area contributed by atoms with Crippen LogP contribution in [0.1, 0.15) is 31.1 Å². The molecule has 0 fully saturated rings. The summed E-state index contributed by atoms with van der Waals surface area (Å²) in [5.74, 6) is -0.281. The number of ether oxygens (including phenoxy) is 1. The van der Waals surface area contributed by atoms with Crippen molar-refractivity contribution < 1.29 is 9.53 Å². The van der Waals surface area contributed by atoms with E-state index in [9.17, 15) is 4.79 Å². The maximum absolute atomic E-state index is 11.9. The molecular weight excluding hydrogens is 242 g/mol. The van der Waals surface area contributed by atoms with Crippen LogP contribution in [0.15, 0.2) is 11.4 Å². The fraction of sp³-hybridized carbons (Fsp3) is 0.364. The Bertz CT molecular complexity index is 534. The van der Waals surface area contributed by atoms with E-state index in [2.05, 4.69) is 0 Å². The van der Waals surface area contributed by atoms with Gasteiger partial charge in [-0.1, -0.05) is 0 Å². The van der Waals surface area contributed by atoms with Gasteiger partial charge in [0.1, 0.15) is 5.60 Å². The van der Waals surface area contributed by atoms with Gasteiger partial charge in [0.15, 0.2) is 0 Å². The molecule has 2 N–H and O–H groups in total. The first-order valence-electron chi connectivity index (χ1n) is 4.87. The lowest BCUT2D eigenvalue weighted by Crippen LogP contribution is -2.23. The topological polar surface area (TPSA) is 52.3 Å². The summed E-state index contributed by atoms with van der Waals surface area (Å²) in [7, 11) is 0. The summed E-state index contributed by atoms with van der Waals surface area (Å²) >= 11 is 3.02. The lowest BCUT2D eigenvalue weighted by Gasteiger charge is -2.18. The Morgan fingerprint density at radius 3 is 2.75 bits per heavy atom. The number of anilines is 1. The molecule has 2 rings (SSSR count). The summed E-state index contributed by atoms with van der Waals surface area (Å²) in [6, 6.07) is 1.83. The van der Waals surface area contributed by atoms with Crippen LogP contribution in [0.25, 0.3) is 9.40 Å². The molecule has 0 amide bonds. The molecule has 3 nitrogen and oxygen atoms in total.